The Hall–Kier alpha value is -1.81. The van der Waals surface area contributed by atoms with Crippen molar-refractivity contribution in [1.29, 1.82) is 0 Å². The zero-order valence-electron chi connectivity index (χ0n) is 10.7. The summed E-state index contributed by atoms with van der Waals surface area (Å²) in [6.07, 6.45) is 1.93. The predicted molar refractivity (Wildman–Crippen MR) is 71.9 cm³/mol. The SMILES string of the molecule is CCCNC(C=O)c1cc2cc(OC)ccc2[nH]1. The van der Waals surface area contributed by atoms with Gasteiger partial charge in [0.2, 0.25) is 0 Å². The molecule has 2 N–H and O–H groups in total. The third-order valence-corrected chi connectivity index (χ3v) is 2.93. The van der Waals surface area contributed by atoms with Crippen LogP contribution in [0.3, 0.4) is 0 Å². The topological polar surface area (TPSA) is 54.1 Å². The van der Waals surface area contributed by atoms with Gasteiger partial charge in [0.1, 0.15) is 18.1 Å². The Morgan fingerprint density at radius 1 is 1.44 bits per heavy atom. The number of carbonyl (C=O) groups is 1. The monoisotopic (exact) mass is 246 g/mol. The van der Waals surface area contributed by atoms with E-state index in [9.17, 15) is 4.79 Å². The molecule has 4 heteroatoms. The number of nitrogens with one attached hydrogen (secondary N) is 2. The van der Waals surface area contributed by atoms with Crippen molar-refractivity contribution in [3.8, 4) is 5.75 Å². The molecule has 0 aliphatic carbocycles. The van der Waals surface area contributed by atoms with Crippen molar-refractivity contribution in [3.63, 3.8) is 0 Å². The third-order valence-electron chi connectivity index (χ3n) is 2.93. The van der Waals surface area contributed by atoms with E-state index >= 15 is 0 Å². The molecule has 96 valence electrons. The molecule has 0 radical (unpaired) electrons. The zero-order valence-corrected chi connectivity index (χ0v) is 10.7. The predicted octanol–water partition coefficient (Wildman–Crippen LogP) is 2.42. The second kappa shape index (κ2) is 5.69. The van der Waals surface area contributed by atoms with Crippen molar-refractivity contribution in [2.75, 3.05) is 13.7 Å². The fraction of sp³-hybridized carbons (Fsp3) is 0.357. The molecule has 0 aliphatic rings. The van der Waals surface area contributed by atoms with E-state index in [0.29, 0.717) is 0 Å². The maximum absolute atomic E-state index is 11.1. The van der Waals surface area contributed by atoms with Gasteiger partial charge in [-0.1, -0.05) is 6.92 Å². The van der Waals surface area contributed by atoms with E-state index in [0.717, 1.165) is 41.6 Å². The van der Waals surface area contributed by atoms with Crippen LogP contribution in [0, 0.1) is 0 Å². The van der Waals surface area contributed by atoms with Crippen LogP contribution in [0.1, 0.15) is 25.1 Å². The van der Waals surface area contributed by atoms with Crippen LogP contribution in [0.15, 0.2) is 24.3 Å². The van der Waals surface area contributed by atoms with Gasteiger partial charge in [0.05, 0.1) is 7.11 Å². The van der Waals surface area contributed by atoms with Crippen LogP contribution >= 0.6 is 0 Å². The van der Waals surface area contributed by atoms with Crippen molar-refractivity contribution in [3.05, 3.63) is 30.0 Å². The minimum atomic E-state index is -0.275. The van der Waals surface area contributed by atoms with E-state index in [1.165, 1.54) is 0 Å². The van der Waals surface area contributed by atoms with E-state index in [-0.39, 0.29) is 6.04 Å². The van der Waals surface area contributed by atoms with Crippen molar-refractivity contribution in [2.45, 2.75) is 19.4 Å². The average Bonchev–Trinajstić information content (AvgIpc) is 2.82. The number of fused-ring (bicyclic) bond motifs is 1. The number of hydrogen-bond acceptors (Lipinski definition) is 3. The molecule has 0 saturated heterocycles. The van der Waals surface area contributed by atoms with Crippen LogP contribution in [0.5, 0.6) is 5.75 Å². The fourth-order valence-corrected chi connectivity index (χ4v) is 1.96. The van der Waals surface area contributed by atoms with Gasteiger partial charge in [-0.2, -0.15) is 0 Å². The smallest absolute Gasteiger partial charge is 0.142 e. The third kappa shape index (κ3) is 2.54. The van der Waals surface area contributed by atoms with E-state index < -0.39 is 0 Å². The lowest BCUT2D eigenvalue weighted by Crippen LogP contribution is -2.23. The molecule has 1 atom stereocenters. The van der Waals surface area contributed by atoms with Crippen molar-refractivity contribution >= 4 is 17.2 Å². The van der Waals surface area contributed by atoms with Crippen LogP contribution < -0.4 is 10.1 Å². The summed E-state index contributed by atoms with van der Waals surface area (Å²) >= 11 is 0. The van der Waals surface area contributed by atoms with Crippen LogP contribution in [0.2, 0.25) is 0 Å². The highest BCUT2D eigenvalue weighted by atomic mass is 16.5. The summed E-state index contributed by atoms with van der Waals surface area (Å²) in [6, 6.07) is 7.52. The molecule has 2 rings (SSSR count). The van der Waals surface area contributed by atoms with Gasteiger partial charge in [-0.25, -0.2) is 0 Å². The Morgan fingerprint density at radius 2 is 2.28 bits per heavy atom. The highest BCUT2D eigenvalue weighted by Gasteiger charge is 2.12. The van der Waals surface area contributed by atoms with Crippen LogP contribution in [-0.2, 0) is 4.79 Å². The summed E-state index contributed by atoms with van der Waals surface area (Å²) in [7, 11) is 1.64. The number of aromatic amines is 1. The first-order valence-corrected chi connectivity index (χ1v) is 6.13. The van der Waals surface area contributed by atoms with Crippen molar-refractivity contribution in [2.24, 2.45) is 0 Å². The number of hydrogen-bond donors (Lipinski definition) is 2. The summed E-state index contributed by atoms with van der Waals surface area (Å²) in [6.45, 7) is 2.90. The molecule has 1 aromatic heterocycles. The molecule has 0 saturated carbocycles. The van der Waals surface area contributed by atoms with E-state index in [1.54, 1.807) is 7.11 Å². The molecule has 0 aliphatic heterocycles. The summed E-state index contributed by atoms with van der Waals surface area (Å²) in [5, 5.41) is 4.24. The number of methoxy groups -OCH3 is 1. The average molecular weight is 246 g/mol. The van der Waals surface area contributed by atoms with E-state index in [1.807, 2.05) is 24.3 Å². The minimum Gasteiger partial charge on any atom is -0.497 e. The molecular formula is C14H18N2O2. The molecule has 18 heavy (non-hydrogen) atoms. The fourth-order valence-electron chi connectivity index (χ4n) is 1.96. The summed E-state index contributed by atoms with van der Waals surface area (Å²) in [5.41, 5.74) is 1.90. The Morgan fingerprint density at radius 3 is 2.94 bits per heavy atom. The Kier molecular flexibility index (Phi) is 3.99. The normalized spacial score (nSPS) is 12.6. The number of rotatable bonds is 6. The number of benzene rings is 1. The molecule has 0 spiro atoms. The van der Waals surface area contributed by atoms with Crippen LogP contribution in [-0.4, -0.2) is 24.9 Å². The molecule has 2 aromatic rings. The molecule has 0 bridgehead atoms. The molecule has 1 heterocycles. The van der Waals surface area contributed by atoms with E-state index in [2.05, 4.69) is 17.2 Å². The first-order valence-electron chi connectivity index (χ1n) is 6.13. The molecule has 4 nitrogen and oxygen atoms in total. The molecule has 1 aromatic carbocycles. The second-order valence-electron chi connectivity index (χ2n) is 4.25. The Balaban J connectivity index is 2.30. The van der Waals surface area contributed by atoms with Crippen LogP contribution in [0.25, 0.3) is 10.9 Å². The maximum Gasteiger partial charge on any atom is 0.142 e. The van der Waals surface area contributed by atoms with Gasteiger partial charge >= 0.3 is 0 Å². The first kappa shape index (κ1) is 12.6. The number of carbonyl (C=O) groups excluding carboxylic acids is 1. The number of ether oxygens (including phenoxy) is 1. The minimum absolute atomic E-state index is 0.275. The first-order chi connectivity index (χ1) is 8.78. The van der Waals surface area contributed by atoms with E-state index in [4.69, 9.17) is 4.74 Å². The summed E-state index contributed by atoms with van der Waals surface area (Å²) in [4.78, 5) is 14.4. The lowest BCUT2D eigenvalue weighted by Gasteiger charge is -2.09. The molecule has 0 fully saturated rings. The zero-order chi connectivity index (χ0) is 13.0. The Labute approximate surface area is 106 Å². The highest BCUT2D eigenvalue weighted by Crippen LogP contribution is 2.23. The quantitative estimate of drug-likeness (QED) is 0.770. The van der Waals surface area contributed by atoms with Gasteiger partial charge in [0.25, 0.3) is 0 Å². The number of aldehydes is 1. The lowest BCUT2D eigenvalue weighted by molar-refractivity contribution is -0.109. The highest BCUT2D eigenvalue weighted by molar-refractivity contribution is 5.83. The second-order valence-corrected chi connectivity index (χ2v) is 4.25. The maximum atomic E-state index is 11.1. The summed E-state index contributed by atoms with van der Waals surface area (Å²) < 4.78 is 5.18. The van der Waals surface area contributed by atoms with Gasteiger partial charge in [-0.3, -0.25) is 0 Å². The van der Waals surface area contributed by atoms with Gasteiger partial charge < -0.3 is 19.8 Å². The van der Waals surface area contributed by atoms with Gasteiger partial charge in [0, 0.05) is 16.6 Å². The molecular weight excluding hydrogens is 228 g/mol. The lowest BCUT2D eigenvalue weighted by atomic mass is 10.2. The summed E-state index contributed by atoms with van der Waals surface area (Å²) in [5.74, 6) is 0.817. The standard InChI is InChI=1S/C14H18N2O2/c1-3-6-15-14(9-17)13-8-10-7-11(18-2)4-5-12(10)16-13/h4-5,7-9,14-16H,3,6H2,1-2H3. The van der Waals surface area contributed by atoms with Gasteiger partial charge in [0.15, 0.2) is 0 Å². The number of aromatic nitrogens is 1. The van der Waals surface area contributed by atoms with Crippen molar-refractivity contribution < 1.29 is 9.53 Å². The largest absolute Gasteiger partial charge is 0.497 e. The molecule has 1 unspecified atom stereocenters. The van der Waals surface area contributed by atoms with Crippen LogP contribution in [0.4, 0.5) is 0 Å². The van der Waals surface area contributed by atoms with Gasteiger partial charge in [-0.05, 0) is 37.2 Å². The van der Waals surface area contributed by atoms with Gasteiger partial charge in [-0.15, -0.1) is 0 Å². The molecule has 0 amide bonds. The number of H-pyrrole nitrogens is 1. The Bertz CT molecular complexity index is 534. The van der Waals surface area contributed by atoms with Crippen molar-refractivity contribution in [1.82, 2.24) is 10.3 Å².